The van der Waals surface area contributed by atoms with Crippen LogP contribution in [0.1, 0.15) is 24.0 Å². The molecular weight excluding hydrogens is 464 g/mol. The van der Waals surface area contributed by atoms with Gasteiger partial charge in [0.05, 0.1) is 6.42 Å². The molecule has 0 radical (unpaired) electrons. The van der Waals surface area contributed by atoms with E-state index in [-0.39, 0.29) is 43.2 Å². The van der Waals surface area contributed by atoms with Crippen LogP contribution in [0.25, 0.3) is 0 Å². The average Bonchev–Trinajstić information content (AvgIpc) is 3.20. The van der Waals surface area contributed by atoms with Crippen LogP contribution in [0.2, 0.25) is 0 Å². The van der Waals surface area contributed by atoms with Crippen LogP contribution < -0.4 is 0 Å². The maximum Gasteiger partial charge on any atom is 0.410 e. The molecule has 2 heterocycles. The van der Waals surface area contributed by atoms with E-state index in [9.17, 15) is 24.3 Å². The number of β-lactam (4-membered cyclic amide) rings is 1. The fourth-order valence-corrected chi connectivity index (χ4v) is 4.07. The number of rotatable bonds is 10. The monoisotopic (exact) mass is 490 g/mol. The van der Waals surface area contributed by atoms with E-state index in [1.807, 2.05) is 60.7 Å². The van der Waals surface area contributed by atoms with Gasteiger partial charge in [0, 0.05) is 18.7 Å². The normalized spacial score (nSPS) is 19.8. The van der Waals surface area contributed by atoms with Gasteiger partial charge in [-0.2, -0.15) is 0 Å². The number of carbonyl (C=O) groups is 4. The number of carboxylic acids is 1. The second kappa shape index (κ2) is 11.4. The first-order valence-electron chi connectivity index (χ1n) is 11.5. The molecule has 2 amide bonds. The largest absolute Gasteiger partial charge is 0.479 e. The van der Waals surface area contributed by atoms with Crippen LogP contribution in [0, 0.1) is 0 Å². The molecule has 186 valence electrons. The second-order valence-corrected chi connectivity index (χ2v) is 8.41. The fraction of sp³-hybridized carbons (Fsp3) is 0.259. The number of fused-ring (bicyclic) bond motifs is 1. The Balaban J connectivity index is 1.42. The predicted octanol–water partition coefficient (Wildman–Crippen LogP) is 3.27. The highest BCUT2D eigenvalue weighted by atomic mass is 16.6. The van der Waals surface area contributed by atoms with Crippen molar-refractivity contribution in [2.75, 3.05) is 6.54 Å². The highest BCUT2D eigenvalue weighted by Gasteiger charge is 2.54. The van der Waals surface area contributed by atoms with Crippen LogP contribution >= 0.6 is 0 Å². The number of aldehydes is 1. The van der Waals surface area contributed by atoms with Crippen molar-refractivity contribution in [3.8, 4) is 0 Å². The molecular formula is C27H26N2O7. The summed E-state index contributed by atoms with van der Waals surface area (Å²) in [5.41, 5.74) is 1.94. The van der Waals surface area contributed by atoms with Crippen molar-refractivity contribution in [2.45, 2.75) is 38.3 Å². The zero-order valence-electron chi connectivity index (χ0n) is 19.5. The van der Waals surface area contributed by atoms with Crippen molar-refractivity contribution in [1.29, 1.82) is 0 Å². The van der Waals surface area contributed by atoms with Crippen molar-refractivity contribution >= 4 is 24.3 Å². The summed E-state index contributed by atoms with van der Waals surface area (Å²) in [7, 11) is 0. The third-order valence-electron chi connectivity index (χ3n) is 5.94. The Labute approximate surface area is 208 Å². The van der Waals surface area contributed by atoms with E-state index < -0.39 is 24.3 Å². The molecule has 2 aromatic carbocycles. The van der Waals surface area contributed by atoms with Gasteiger partial charge in [-0.05, 0) is 17.5 Å². The third kappa shape index (κ3) is 5.63. The van der Waals surface area contributed by atoms with E-state index >= 15 is 0 Å². The fourth-order valence-electron chi connectivity index (χ4n) is 4.07. The molecule has 2 aliphatic rings. The van der Waals surface area contributed by atoms with Gasteiger partial charge in [-0.3, -0.25) is 14.5 Å². The van der Waals surface area contributed by atoms with Crippen LogP contribution in [0.5, 0.6) is 0 Å². The molecule has 0 spiro atoms. The zero-order chi connectivity index (χ0) is 25.5. The van der Waals surface area contributed by atoms with Gasteiger partial charge in [0.1, 0.15) is 18.7 Å². The molecule has 0 aliphatic carbocycles. The number of ether oxygens (including phenoxy) is 2. The van der Waals surface area contributed by atoms with E-state index in [4.69, 9.17) is 9.47 Å². The molecule has 0 aromatic heterocycles. The van der Waals surface area contributed by atoms with Crippen molar-refractivity contribution in [3.05, 3.63) is 95.3 Å². The predicted molar refractivity (Wildman–Crippen MR) is 128 cm³/mol. The Morgan fingerprint density at radius 1 is 1.06 bits per heavy atom. The third-order valence-corrected chi connectivity index (χ3v) is 5.94. The lowest BCUT2D eigenvalue weighted by Crippen LogP contribution is -2.54. The molecule has 0 bridgehead atoms. The molecule has 2 aliphatic heterocycles. The standard InChI is InChI=1S/C27H26N2O7/c30-17-21(25-24(26(32)33)29-22(31)15-23(29)36-25)13-7-8-14-28(16-19-9-3-1-4-10-19)27(34)35-18-20-11-5-2-6-12-20/h1-12,17,23-24H,13-16,18H2,(H,32,33)/t23-,24?/m1/s1. The minimum absolute atomic E-state index is 0.0126. The number of hydrogen-bond donors (Lipinski definition) is 1. The molecule has 2 fully saturated rings. The number of aliphatic carboxylic acids is 1. The van der Waals surface area contributed by atoms with E-state index in [0.29, 0.717) is 12.8 Å². The number of carbonyl (C=O) groups excluding carboxylic acids is 3. The van der Waals surface area contributed by atoms with Crippen LogP contribution in [0.15, 0.2) is 84.1 Å². The summed E-state index contributed by atoms with van der Waals surface area (Å²) in [6, 6.07) is 17.5. The summed E-state index contributed by atoms with van der Waals surface area (Å²) >= 11 is 0. The van der Waals surface area contributed by atoms with Gasteiger partial charge in [-0.1, -0.05) is 72.8 Å². The topological polar surface area (TPSA) is 113 Å². The van der Waals surface area contributed by atoms with Crippen LogP contribution in [0.4, 0.5) is 4.79 Å². The lowest BCUT2D eigenvalue weighted by atomic mass is 10.0. The maximum atomic E-state index is 12.8. The van der Waals surface area contributed by atoms with Crippen molar-refractivity contribution in [2.24, 2.45) is 0 Å². The van der Waals surface area contributed by atoms with Gasteiger partial charge in [0.2, 0.25) is 5.91 Å². The molecule has 2 saturated heterocycles. The maximum absolute atomic E-state index is 12.8. The lowest BCUT2D eigenvalue weighted by Gasteiger charge is -2.33. The smallest absolute Gasteiger partial charge is 0.410 e. The van der Waals surface area contributed by atoms with Gasteiger partial charge in [0.25, 0.3) is 0 Å². The summed E-state index contributed by atoms with van der Waals surface area (Å²) in [6.45, 7) is 0.671. The number of nitrogens with zero attached hydrogens (tertiary/aromatic N) is 2. The molecule has 0 saturated carbocycles. The average molecular weight is 491 g/mol. The molecule has 2 aromatic rings. The first kappa shape index (κ1) is 24.7. The number of allylic oxidation sites excluding steroid dienone is 2. The van der Waals surface area contributed by atoms with E-state index in [1.54, 1.807) is 12.2 Å². The summed E-state index contributed by atoms with van der Waals surface area (Å²) in [5, 5.41) is 9.55. The first-order valence-corrected chi connectivity index (χ1v) is 11.5. The molecule has 36 heavy (non-hydrogen) atoms. The number of amides is 2. The van der Waals surface area contributed by atoms with Gasteiger partial charge in [0.15, 0.2) is 12.3 Å². The van der Waals surface area contributed by atoms with Gasteiger partial charge < -0.3 is 19.5 Å². The molecule has 1 N–H and O–H groups in total. The molecule has 9 nitrogen and oxygen atoms in total. The molecule has 2 atom stereocenters. The highest BCUT2D eigenvalue weighted by molar-refractivity contribution is 5.92. The number of carboxylic acid groups (broad SMARTS) is 1. The second-order valence-electron chi connectivity index (χ2n) is 8.41. The van der Waals surface area contributed by atoms with Crippen molar-refractivity contribution in [1.82, 2.24) is 9.80 Å². The van der Waals surface area contributed by atoms with Gasteiger partial charge in [-0.25, -0.2) is 9.59 Å². The Kier molecular flexibility index (Phi) is 7.79. The molecule has 4 rings (SSSR count). The Morgan fingerprint density at radius 3 is 2.33 bits per heavy atom. The molecule has 9 heteroatoms. The minimum Gasteiger partial charge on any atom is -0.479 e. The molecule has 1 unspecified atom stereocenters. The quantitative estimate of drug-likeness (QED) is 0.235. The van der Waals surface area contributed by atoms with E-state index in [1.165, 1.54) is 4.90 Å². The summed E-state index contributed by atoms with van der Waals surface area (Å²) in [4.78, 5) is 50.7. The highest BCUT2D eigenvalue weighted by Crippen LogP contribution is 2.38. The first-order chi connectivity index (χ1) is 17.5. The minimum atomic E-state index is -1.30. The Morgan fingerprint density at radius 2 is 1.72 bits per heavy atom. The Hall–Kier alpha value is -4.40. The SMILES string of the molecule is O=CC(CC=CCN(Cc1ccccc1)C(=O)OCc1ccccc1)=C1O[C@@H]2CC(=O)N2C1C(=O)O. The van der Waals surface area contributed by atoms with E-state index in [0.717, 1.165) is 16.0 Å². The van der Waals surface area contributed by atoms with Gasteiger partial charge >= 0.3 is 12.1 Å². The number of hydrogen-bond acceptors (Lipinski definition) is 6. The summed E-state index contributed by atoms with van der Waals surface area (Å²) < 4.78 is 11.1. The van der Waals surface area contributed by atoms with Crippen molar-refractivity contribution in [3.63, 3.8) is 0 Å². The van der Waals surface area contributed by atoms with Crippen molar-refractivity contribution < 1.29 is 33.8 Å². The van der Waals surface area contributed by atoms with Crippen LogP contribution in [-0.2, 0) is 37.0 Å². The number of benzene rings is 2. The van der Waals surface area contributed by atoms with Gasteiger partial charge in [-0.15, -0.1) is 0 Å². The Bertz CT molecular complexity index is 1180. The summed E-state index contributed by atoms with van der Waals surface area (Å²) in [5.74, 6) is -1.59. The lowest BCUT2D eigenvalue weighted by molar-refractivity contribution is -0.163. The summed E-state index contributed by atoms with van der Waals surface area (Å²) in [6.07, 6.45) is 2.97. The van der Waals surface area contributed by atoms with Crippen LogP contribution in [-0.4, -0.2) is 58.0 Å². The van der Waals surface area contributed by atoms with Crippen LogP contribution in [0.3, 0.4) is 0 Å². The van der Waals surface area contributed by atoms with E-state index in [2.05, 4.69) is 0 Å². The zero-order valence-corrected chi connectivity index (χ0v) is 19.5.